The van der Waals surface area contributed by atoms with Crippen molar-refractivity contribution in [2.24, 2.45) is 5.92 Å². The molecule has 1 fully saturated rings. The second-order valence-corrected chi connectivity index (χ2v) is 6.56. The Bertz CT molecular complexity index is 275. The second-order valence-electron chi connectivity index (χ2n) is 6.56. The molecule has 4 nitrogen and oxygen atoms in total. The summed E-state index contributed by atoms with van der Waals surface area (Å²) in [7, 11) is 0. The number of nitrogens with one attached hydrogen (secondary N) is 1. The Balaban J connectivity index is 2.60. The lowest BCUT2D eigenvalue weighted by Gasteiger charge is -2.40. The molecule has 0 atom stereocenters. The van der Waals surface area contributed by atoms with Gasteiger partial charge in [0.05, 0.1) is 0 Å². The molecule has 1 rings (SSSR count). The Labute approximate surface area is 110 Å². The van der Waals surface area contributed by atoms with E-state index >= 15 is 0 Å². The molecular weight excluding hydrogens is 230 g/mol. The highest BCUT2D eigenvalue weighted by Gasteiger charge is 2.36. The number of amides is 1. The van der Waals surface area contributed by atoms with Crippen LogP contribution in [-0.4, -0.2) is 28.9 Å². The van der Waals surface area contributed by atoms with Crippen molar-refractivity contribution in [3.63, 3.8) is 0 Å². The Morgan fingerprint density at radius 1 is 1.39 bits per heavy atom. The molecule has 4 heteroatoms. The summed E-state index contributed by atoms with van der Waals surface area (Å²) in [5.74, 6) is 0.706. The van der Waals surface area contributed by atoms with Gasteiger partial charge in [-0.3, -0.25) is 0 Å². The molecule has 106 valence electrons. The van der Waals surface area contributed by atoms with E-state index in [1.54, 1.807) is 0 Å². The van der Waals surface area contributed by atoms with Gasteiger partial charge in [-0.05, 0) is 58.8 Å². The van der Waals surface area contributed by atoms with Crippen LogP contribution in [0.2, 0.25) is 0 Å². The van der Waals surface area contributed by atoms with Gasteiger partial charge in [-0.25, -0.2) is 4.79 Å². The molecular formula is C14H27NO3. The van der Waals surface area contributed by atoms with Gasteiger partial charge in [0.15, 0.2) is 0 Å². The van der Waals surface area contributed by atoms with Gasteiger partial charge in [-0.2, -0.15) is 0 Å². The molecule has 0 aromatic heterocycles. The van der Waals surface area contributed by atoms with E-state index in [-0.39, 0.29) is 18.2 Å². The highest BCUT2D eigenvalue weighted by Crippen LogP contribution is 2.34. The summed E-state index contributed by atoms with van der Waals surface area (Å²) in [5.41, 5.74) is -0.754. The Morgan fingerprint density at radius 2 is 1.94 bits per heavy atom. The van der Waals surface area contributed by atoms with Crippen LogP contribution in [0.3, 0.4) is 0 Å². The Kier molecular flexibility index (Phi) is 5.02. The summed E-state index contributed by atoms with van der Waals surface area (Å²) >= 11 is 0. The van der Waals surface area contributed by atoms with Crippen LogP contribution in [0.5, 0.6) is 0 Å². The van der Waals surface area contributed by atoms with Gasteiger partial charge >= 0.3 is 6.09 Å². The Hall–Kier alpha value is -0.770. The van der Waals surface area contributed by atoms with Crippen molar-refractivity contribution < 1.29 is 14.6 Å². The molecule has 0 aliphatic heterocycles. The molecule has 0 unspecified atom stereocenters. The normalized spacial score (nSPS) is 28.8. The number of carbonyl (C=O) groups is 1. The lowest BCUT2D eigenvalue weighted by molar-refractivity contribution is 0.0381. The van der Waals surface area contributed by atoms with E-state index in [1.165, 1.54) is 0 Å². The van der Waals surface area contributed by atoms with Crippen LogP contribution in [0.25, 0.3) is 0 Å². The fourth-order valence-corrected chi connectivity index (χ4v) is 2.49. The van der Waals surface area contributed by atoms with E-state index in [2.05, 4.69) is 12.2 Å². The molecule has 1 saturated carbocycles. The molecule has 18 heavy (non-hydrogen) atoms. The zero-order chi connectivity index (χ0) is 13.8. The first-order chi connectivity index (χ1) is 8.26. The summed E-state index contributed by atoms with van der Waals surface area (Å²) in [4.78, 5) is 11.9. The fraction of sp³-hybridized carbons (Fsp3) is 0.929. The van der Waals surface area contributed by atoms with E-state index in [4.69, 9.17) is 4.74 Å². The van der Waals surface area contributed by atoms with E-state index in [1.807, 2.05) is 20.8 Å². The average Bonchev–Trinajstić information content (AvgIpc) is 2.20. The molecule has 0 aromatic rings. The van der Waals surface area contributed by atoms with Gasteiger partial charge in [0.2, 0.25) is 0 Å². The highest BCUT2D eigenvalue weighted by molar-refractivity contribution is 5.68. The van der Waals surface area contributed by atoms with Crippen molar-refractivity contribution in [1.29, 1.82) is 0 Å². The van der Waals surface area contributed by atoms with Crippen LogP contribution in [0.15, 0.2) is 0 Å². The smallest absolute Gasteiger partial charge is 0.408 e. The van der Waals surface area contributed by atoms with Gasteiger partial charge < -0.3 is 15.2 Å². The third-order valence-electron chi connectivity index (χ3n) is 3.59. The van der Waals surface area contributed by atoms with E-state index in [0.717, 1.165) is 25.7 Å². The zero-order valence-electron chi connectivity index (χ0n) is 12.1. The highest BCUT2D eigenvalue weighted by atomic mass is 16.6. The number of ether oxygens (including phenoxy) is 1. The molecule has 0 heterocycles. The molecule has 0 aromatic carbocycles. The molecule has 2 N–H and O–H groups in total. The van der Waals surface area contributed by atoms with Crippen molar-refractivity contribution in [3.8, 4) is 0 Å². The molecule has 1 aliphatic carbocycles. The first-order valence-electron chi connectivity index (χ1n) is 6.88. The molecule has 0 radical (unpaired) electrons. The standard InChI is InChI=1S/C14H27NO3/c1-11-5-7-14(8-6-11,9-10-16)15-12(17)18-13(2,3)4/h11,16H,5-10H2,1-4H3,(H,15,17). The minimum atomic E-state index is -0.480. The van der Waals surface area contributed by atoms with Crippen LogP contribution in [0.1, 0.15) is 59.8 Å². The van der Waals surface area contributed by atoms with Crippen LogP contribution in [0, 0.1) is 5.92 Å². The predicted molar refractivity (Wildman–Crippen MR) is 71.4 cm³/mol. The first kappa shape index (κ1) is 15.3. The maximum absolute atomic E-state index is 11.9. The lowest BCUT2D eigenvalue weighted by Crippen LogP contribution is -2.52. The van der Waals surface area contributed by atoms with Crippen molar-refractivity contribution in [3.05, 3.63) is 0 Å². The van der Waals surface area contributed by atoms with Crippen molar-refractivity contribution in [2.45, 2.75) is 70.9 Å². The molecule has 0 bridgehead atoms. The minimum absolute atomic E-state index is 0.101. The fourth-order valence-electron chi connectivity index (χ4n) is 2.49. The Morgan fingerprint density at radius 3 is 2.39 bits per heavy atom. The van der Waals surface area contributed by atoms with E-state index in [0.29, 0.717) is 12.3 Å². The summed E-state index contributed by atoms with van der Waals surface area (Å²) in [6.07, 6.45) is 4.28. The second kappa shape index (κ2) is 5.91. The number of aliphatic hydroxyl groups is 1. The van der Waals surface area contributed by atoms with Gasteiger partial charge in [0.25, 0.3) is 0 Å². The third-order valence-corrected chi connectivity index (χ3v) is 3.59. The monoisotopic (exact) mass is 257 g/mol. The predicted octanol–water partition coefficient (Wildman–Crippen LogP) is 2.84. The summed E-state index contributed by atoms with van der Waals surface area (Å²) in [6, 6.07) is 0. The SMILES string of the molecule is CC1CCC(CCO)(NC(=O)OC(C)(C)C)CC1. The van der Waals surface area contributed by atoms with Crippen molar-refractivity contribution in [2.75, 3.05) is 6.61 Å². The quantitative estimate of drug-likeness (QED) is 0.817. The van der Waals surface area contributed by atoms with Crippen LogP contribution in [0.4, 0.5) is 4.79 Å². The number of hydrogen-bond acceptors (Lipinski definition) is 3. The number of hydrogen-bond donors (Lipinski definition) is 2. The molecule has 0 spiro atoms. The number of alkyl carbamates (subject to hydrolysis) is 1. The maximum atomic E-state index is 11.9. The van der Waals surface area contributed by atoms with Gasteiger partial charge in [0, 0.05) is 12.1 Å². The van der Waals surface area contributed by atoms with Gasteiger partial charge in [-0.15, -0.1) is 0 Å². The molecule has 1 aliphatic rings. The summed E-state index contributed by atoms with van der Waals surface area (Å²) < 4.78 is 5.31. The summed E-state index contributed by atoms with van der Waals surface area (Å²) in [6.45, 7) is 7.90. The minimum Gasteiger partial charge on any atom is -0.444 e. The van der Waals surface area contributed by atoms with Crippen LogP contribution < -0.4 is 5.32 Å². The first-order valence-corrected chi connectivity index (χ1v) is 6.88. The largest absolute Gasteiger partial charge is 0.444 e. The lowest BCUT2D eigenvalue weighted by atomic mass is 9.75. The molecule has 0 saturated heterocycles. The van der Waals surface area contributed by atoms with Crippen LogP contribution in [-0.2, 0) is 4.74 Å². The third kappa shape index (κ3) is 4.84. The molecule has 1 amide bonds. The van der Waals surface area contributed by atoms with Gasteiger partial charge in [0.1, 0.15) is 5.60 Å². The van der Waals surface area contributed by atoms with Crippen molar-refractivity contribution in [1.82, 2.24) is 5.32 Å². The van der Waals surface area contributed by atoms with E-state index < -0.39 is 5.60 Å². The van der Waals surface area contributed by atoms with Crippen LogP contribution >= 0.6 is 0 Å². The number of carbonyl (C=O) groups excluding carboxylic acids is 1. The summed E-state index contributed by atoms with van der Waals surface area (Å²) in [5, 5.41) is 12.2. The average molecular weight is 257 g/mol. The number of rotatable bonds is 3. The van der Waals surface area contributed by atoms with E-state index in [9.17, 15) is 9.90 Å². The zero-order valence-corrected chi connectivity index (χ0v) is 12.1. The maximum Gasteiger partial charge on any atom is 0.408 e. The van der Waals surface area contributed by atoms with Crippen molar-refractivity contribution >= 4 is 6.09 Å². The number of aliphatic hydroxyl groups excluding tert-OH is 1. The topological polar surface area (TPSA) is 58.6 Å². The van der Waals surface area contributed by atoms with Gasteiger partial charge in [-0.1, -0.05) is 6.92 Å².